The number of amidine groups is 1. The molecule has 1 saturated carbocycles. The van der Waals surface area contributed by atoms with Crippen molar-refractivity contribution in [3.63, 3.8) is 0 Å². The van der Waals surface area contributed by atoms with E-state index >= 15 is 0 Å². The van der Waals surface area contributed by atoms with Crippen LogP contribution in [0.4, 0.5) is 0 Å². The molecule has 80 valence electrons. The standard InChI is InChI=1S/C11H20N2S/c1-8-4-5-9(8)13-10-12-6-11(2,3)7-14-10/h8-9H,4-7H2,1-3H3,(H,12,13). The Hall–Kier alpha value is -0.180. The van der Waals surface area contributed by atoms with Crippen LogP contribution in [0, 0.1) is 11.3 Å². The highest BCUT2D eigenvalue weighted by Crippen LogP contribution is 2.30. The molecule has 0 bridgehead atoms. The van der Waals surface area contributed by atoms with E-state index in [1.165, 1.54) is 23.8 Å². The maximum absolute atomic E-state index is 4.61. The summed E-state index contributed by atoms with van der Waals surface area (Å²) in [7, 11) is 0. The highest BCUT2D eigenvalue weighted by atomic mass is 32.2. The Labute approximate surface area is 90.9 Å². The van der Waals surface area contributed by atoms with Crippen LogP contribution in [-0.2, 0) is 0 Å². The van der Waals surface area contributed by atoms with Crippen LogP contribution in [0.2, 0.25) is 0 Å². The van der Waals surface area contributed by atoms with Crippen LogP contribution in [-0.4, -0.2) is 23.5 Å². The molecule has 0 aromatic carbocycles. The SMILES string of the molecule is CC1CCC1NC1=NCC(C)(C)CS1. The summed E-state index contributed by atoms with van der Waals surface area (Å²) >= 11 is 1.89. The Morgan fingerprint density at radius 1 is 1.43 bits per heavy atom. The summed E-state index contributed by atoms with van der Waals surface area (Å²) in [5.74, 6) is 2.04. The number of hydrogen-bond acceptors (Lipinski definition) is 3. The molecule has 0 aromatic rings. The summed E-state index contributed by atoms with van der Waals surface area (Å²) in [6.07, 6.45) is 2.70. The van der Waals surface area contributed by atoms with E-state index < -0.39 is 0 Å². The second-order valence-electron chi connectivity index (χ2n) is 5.38. The van der Waals surface area contributed by atoms with Crippen molar-refractivity contribution < 1.29 is 0 Å². The number of aliphatic imine (C=N–C) groups is 1. The van der Waals surface area contributed by atoms with E-state index in [1.54, 1.807) is 0 Å². The molecule has 0 radical (unpaired) electrons. The fraction of sp³-hybridized carbons (Fsp3) is 0.909. The summed E-state index contributed by atoms with van der Waals surface area (Å²) in [4.78, 5) is 4.61. The third-order valence-corrected chi connectivity index (χ3v) is 4.63. The summed E-state index contributed by atoms with van der Waals surface area (Å²) in [6, 6.07) is 0.697. The maximum Gasteiger partial charge on any atom is 0.156 e. The summed E-state index contributed by atoms with van der Waals surface area (Å²) < 4.78 is 0. The molecule has 2 aliphatic rings. The van der Waals surface area contributed by atoms with Crippen molar-refractivity contribution in [2.75, 3.05) is 12.3 Å². The third-order valence-electron chi connectivity index (χ3n) is 3.18. The molecule has 0 spiro atoms. The van der Waals surface area contributed by atoms with Crippen LogP contribution in [0.5, 0.6) is 0 Å². The van der Waals surface area contributed by atoms with Crippen molar-refractivity contribution >= 4 is 16.9 Å². The van der Waals surface area contributed by atoms with E-state index in [0.717, 1.165) is 12.5 Å². The molecule has 2 rings (SSSR count). The molecule has 1 aliphatic carbocycles. The largest absolute Gasteiger partial charge is 0.362 e. The van der Waals surface area contributed by atoms with Gasteiger partial charge >= 0.3 is 0 Å². The highest BCUT2D eigenvalue weighted by Gasteiger charge is 2.29. The Kier molecular flexibility index (Phi) is 2.78. The normalized spacial score (nSPS) is 35.8. The molecular formula is C11H20N2S. The number of hydrogen-bond donors (Lipinski definition) is 1. The topological polar surface area (TPSA) is 24.4 Å². The van der Waals surface area contributed by atoms with Gasteiger partial charge in [-0.25, -0.2) is 0 Å². The molecule has 2 atom stereocenters. The average molecular weight is 212 g/mol. The fourth-order valence-corrected chi connectivity index (χ4v) is 2.78. The lowest BCUT2D eigenvalue weighted by atomic mass is 9.81. The van der Waals surface area contributed by atoms with Crippen LogP contribution in [0.15, 0.2) is 4.99 Å². The first-order chi connectivity index (χ1) is 6.57. The minimum absolute atomic E-state index is 0.390. The quantitative estimate of drug-likeness (QED) is 0.722. The lowest BCUT2D eigenvalue weighted by Crippen LogP contribution is -2.46. The van der Waals surface area contributed by atoms with Gasteiger partial charge in [0.1, 0.15) is 0 Å². The van der Waals surface area contributed by atoms with Gasteiger partial charge in [-0.15, -0.1) is 0 Å². The molecule has 2 unspecified atom stereocenters. The van der Waals surface area contributed by atoms with E-state index in [2.05, 4.69) is 31.1 Å². The second kappa shape index (κ2) is 3.76. The maximum atomic E-state index is 4.61. The third kappa shape index (κ3) is 2.25. The Balaban J connectivity index is 1.85. The van der Waals surface area contributed by atoms with E-state index in [4.69, 9.17) is 0 Å². The molecular weight excluding hydrogens is 192 g/mol. The van der Waals surface area contributed by atoms with Gasteiger partial charge in [0.25, 0.3) is 0 Å². The lowest BCUT2D eigenvalue weighted by Gasteiger charge is -2.37. The molecule has 1 N–H and O–H groups in total. The van der Waals surface area contributed by atoms with E-state index in [-0.39, 0.29) is 0 Å². The Morgan fingerprint density at radius 2 is 2.21 bits per heavy atom. The summed E-state index contributed by atoms with van der Waals surface area (Å²) in [6.45, 7) is 7.86. The van der Waals surface area contributed by atoms with Gasteiger partial charge in [0.2, 0.25) is 0 Å². The summed E-state index contributed by atoms with van der Waals surface area (Å²) in [5.41, 5.74) is 0.390. The van der Waals surface area contributed by atoms with Gasteiger partial charge in [-0.3, -0.25) is 4.99 Å². The van der Waals surface area contributed by atoms with E-state index in [0.29, 0.717) is 11.5 Å². The molecule has 3 heteroatoms. The van der Waals surface area contributed by atoms with Crippen molar-refractivity contribution in [2.24, 2.45) is 16.3 Å². The van der Waals surface area contributed by atoms with E-state index in [9.17, 15) is 0 Å². The van der Waals surface area contributed by atoms with Gasteiger partial charge in [0.15, 0.2) is 5.17 Å². The van der Waals surface area contributed by atoms with Crippen LogP contribution in [0.1, 0.15) is 33.6 Å². The van der Waals surface area contributed by atoms with Gasteiger partial charge < -0.3 is 5.32 Å². The molecule has 1 fully saturated rings. The molecule has 14 heavy (non-hydrogen) atoms. The van der Waals surface area contributed by atoms with Crippen LogP contribution < -0.4 is 5.32 Å². The first kappa shape index (κ1) is 10.3. The smallest absolute Gasteiger partial charge is 0.156 e. The van der Waals surface area contributed by atoms with Crippen LogP contribution in [0.3, 0.4) is 0 Å². The number of nitrogens with one attached hydrogen (secondary N) is 1. The molecule has 0 amide bonds. The van der Waals surface area contributed by atoms with Crippen molar-refractivity contribution in [1.29, 1.82) is 0 Å². The highest BCUT2D eigenvalue weighted by molar-refractivity contribution is 8.13. The lowest BCUT2D eigenvalue weighted by molar-refractivity contribution is 0.258. The monoisotopic (exact) mass is 212 g/mol. The predicted molar refractivity (Wildman–Crippen MR) is 63.9 cm³/mol. The van der Waals surface area contributed by atoms with Crippen molar-refractivity contribution in [3.05, 3.63) is 0 Å². The fourth-order valence-electron chi connectivity index (χ4n) is 1.77. The molecule has 0 saturated heterocycles. The predicted octanol–water partition coefficient (Wildman–Crippen LogP) is 2.50. The van der Waals surface area contributed by atoms with Gasteiger partial charge in [0.05, 0.1) is 0 Å². The number of thioether (sulfide) groups is 1. The molecule has 1 heterocycles. The van der Waals surface area contributed by atoms with Crippen LogP contribution >= 0.6 is 11.8 Å². The molecule has 1 aliphatic heterocycles. The minimum atomic E-state index is 0.390. The van der Waals surface area contributed by atoms with Gasteiger partial charge in [-0.2, -0.15) is 0 Å². The van der Waals surface area contributed by atoms with E-state index in [1.807, 2.05) is 11.8 Å². The van der Waals surface area contributed by atoms with Gasteiger partial charge in [-0.05, 0) is 24.2 Å². The van der Waals surface area contributed by atoms with Gasteiger partial charge in [-0.1, -0.05) is 32.5 Å². The molecule has 0 aromatic heterocycles. The first-order valence-corrected chi connectivity index (χ1v) is 6.49. The second-order valence-corrected chi connectivity index (χ2v) is 6.34. The molecule has 2 nitrogen and oxygen atoms in total. The van der Waals surface area contributed by atoms with Crippen molar-refractivity contribution in [2.45, 2.75) is 39.7 Å². The number of rotatable bonds is 1. The van der Waals surface area contributed by atoms with Crippen LogP contribution in [0.25, 0.3) is 0 Å². The first-order valence-electron chi connectivity index (χ1n) is 5.51. The zero-order valence-corrected chi connectivity index (χ0v) is 10.2. The average Bonchev–Trinajstić information content (AvgIpc) is 2.14. The van der Waals surface area contributed by atoms with Gasteiger partial charge in [0, 0.05) is 18.3 Å². The van der Waals surface area contributed by atoms with Crippen molar-refractivity contribution in [3.8, 4) is 0 Å². The summed E-state index contributed by atoms with van der Waals surface area (Å²) in [5, 5.41) is 4.74. The zero-order chi connectivity index (χ0) is 10.2. The number of nitrogens with zero attached hydrogens (tertiary/aromatic N) is 1. The Morgan fingerprint density at radius 3 is 2.64 bits per heavy atom. The minimum Gasteiger partial charge on any atom is -0.362 e. The zero-order valence-electron chi connectivity index (χ0n) is 9.34. The Bertz CT molecular complexity index is 248. The van der Waals surface area contributed by atoms with Crippen molar-refractivity contribution in [1.82, 2.24) is 5.32 Å².